The normalized spacial score (nSPS) is 15.7. The zero-order valence-electron chi connectivity index (χ0n) is 16.9. The maximum Gasteiger partial charge on any atom is 0.225 e. The van der Waals surface area contributed by atoms with Crippen molar-refractivity contribution >= 4 is 17.5 Å². The molecule has 152 valence electrons. The average molecular weight is 399 g/mol. The molecular formula is C25H25N3O2. The van der Waals surface area contributed by atoms with Crippen molar-refractivity contribution in [2.24, 2.45) is 5.92 Å². The van der Waals surface area contributed by atoms with Crippen molar-refractivity contribution in [1.82, 2.24) is 9.97 Å². The van der Waals surface area contributed by atoms with Gasteiger partial charge < -0.3 is 10.3 Å². The Morgan fingerprint density at radius 3 is 2.77 bits per heavy atom. The van der Waals surface area contributed by atoms with Crippen molar-refractivity contribution in [3.63, 3.8) is 0 Å². The smallest absolute Gasteiger partial charge is 0.225 e. The molecule has 0 spiro atoms. The molecule has 0 saturated heterocycles. The molecule has 0 atom stereocenters. The van der Waals surface area contributed by atoms with Gasteiger partial charge in [-0.2, -0.15) is 0 Å². The minimum Gasteiger partial charge on any atom is -0.358 e. The van der Waals surface area contributed by atoms with E-state index in [4.69, 9.17) is 0 Å². The summed E-state index contributed by atoms with van der Waals surface area (Å²) in [5.74, 6) is 1.33. The van der Waals surface area contributed by atoms with Crippen molar-refractivity contribution in [3.8, 4) is 11.3 Å². The van der Waals surface area contributed by atoms with Gasteiger partial charge in [-0.15, -0.1) is 0 Å². The highest BCUT2D eigenvalue weighted by Crippen LogP contribution is 2.35. The topological polar surface area (TPSA) is 74.8 Å². The fourth-order valence-electron chi connectivity index (χ4n) is 4.33. The Labute approximate surface area is 175 Å². The Balaban J connectivity index is 1.51. The average Bonchev–Trinajstić information content (AvgIpc) is 3.48. The molecule has 0 radical (unpaired) electrons. The molecule has 5 nitrogen and oxygen atoms in total. The molecule has 5 heteroatoms. The van der Waals surface area contributed by atoms with E-state index in [0.29, 0.717) is 31.0 Å². The van der Waals surface area contributed by atoms with Gasteiger partial charge in [0, 0.05) is 42.3 Å². The molecule has 2 heterocycles. The van der Waals surface area contributed by atoms with Gasteiger partial charge in [-0.1, -0.05) is 30.3 Å². The van der Waals surface area contributed by atoms with Crippen molar-refractivity contribution in [1.29, 1.82) is 0 Å². The van der Waals surface area contributed by atoms with Crippen LogP contribution in [0.3, 0.4) is 0 Å². The van der Waals surface area contributed by atoms with E-state index in [1.165, 1.54) is 5.56 Å². The number of nitrogens with one attached hydrogen (secondary N) is 2. The number of anilines is 1. The number of amides is 1. The number of ketones is 1. The second-order valence-electron chi connectivity index (χ2n) is 8.40. The Kier molecular flexibility index (Phi) is 4.95. The SMILES string of the molecule is O=C(CC1CC1)Nc1cc(-c2[nH]c3c(c2Cc2ccccc2)C(=O)CCC3)ccn1. The number of benzene rings is 1. The van der Waals surface area contributed by atoms with Gasteiger partial charge in [-0.05, 0) is 54.9 Å². The van der Waals surface area contributed by atoms with Crippen molar-refractivity contribution in [3.05, 3.63) is 71.0 Å². The van der Waals surface area contributed by atoms with Crippen LogP contribution in [-0.4, -0.2) is 21.7 Å². The lowest BCUT2D eigenvalue weighted by molar-refractivity contribution is -0.116. The second kappa shape index (κ2) is 7.90. The molecule has 0 bridgehead atoms. The molecule has 2 aliphatic rings. The Bertz CT molecular complexity index is 1100. The number of aromatic amines is 1. The first-order chi connectivity index (χ1) is 14.7. The molecule has 1 saturated carbocycles. The molecular weight excluding hydrogens is 374 g/mol. The fraction of sp³-hybridized carbons (Fsp3) is 0.320. The molecule has 5 rings (SSSR count). The van der Waals surface area contributed by atoms with E-state index in [1.807, 2.05) is 30.3 Å². The summed E-state index contributed by atoms with van der Waals surface area (Å²) in [7, 11) is 0. The number of carbonyl (C=O) groups is 2. The number of rotatable bonds is 6. The highest BCUT2D eigenvalue weighted by Gasteiger charge is 2.27. The van der Waals surface area contributed by atoms with E-state index in [0.717, 1.165) is 53.8 Å². The van der Waals surface area contributed by atoms with Crippen LogP contribution in [0, 0.1) is 5.92 Å². The molecule has 1 aromatic carbocycles. The van der Waals surface area contributed by atoms with Gasteiger partial charge in [0.1, 0.15) is 5.82 Å². The number of aromatic nitrogens is 2. The van der Waals surface area contributed by atoms with E-state index in [2.05, 4.69) is 27.4 Å². The van der Waals surface area contributed by atoms with E-state index in [9.17, 15) is 9.59 Å². The van der Waals surface area contributed by atoms with Crippen LogP contribution in [0.2, 0.25) is 0 Å². The number of nitrogens with zero attached hydrogens (tertiary/aromatic N) is 1. The first kappa shape index (κ1) is 18.8. The largest absolute Gasteiger partial charge is 0.358 e. The first-order valence-electron chi connectivity index (χ1n) is 10.7. The van der Waals surface area contributed by atoms with E-state index < -0.39 is 0 Å². The third-order valence-electron chi connectivity index (χ3n) is 6.00. The lowest BCUT2D eigenvalue weighted by Crippen LogP contribution is -2.13. The van der Waals surface area contributed by atoms with Crippen LogP contribution < -0.4 is 5.32 Å². The molecule has 2 aliphatic carbocycles. The van der Waals surface area contributed by atoms with Crippen LogP contribution in [-0.2, 0) is 17.6 Å². The maximum atomic E-state index is 12.8. The number of H-pyrrole nitrogens is 1. The van der Waals surface area contributed by atoms with Gasteiger partial charge >= 0.3 is 0 Å². The van der Waals surface area contributed by atoms with Gasteiger partial charge in [-0.3, -0.25) is 9.59 Å². The Hall–Kier alpha value is -3.21. The number of fused-ring (bicyclic) bond motifs is 1. The van der Waals surface area contributed by atoms with Crippen LogP contribution in [0.1, 0.15) is 59.3 Å². The lowest BCUT2D eigenvalue weighted by Gasteiger charge is -2.12. The fourth-order valence-corrected chi connectivity index (χ4v) is 4.33. The molecule has 2 aromatic heterocycles. The summed E-state index contributed by atoms with van der Waals surface area (Å²) in [6.45, 7) is 0. The third-order valence-corrected chi connectivity index (χ3v) is 6.00. The number of Topliss-reactive ketones (excluding diaryl/α,β-unsaturated/α-hetero) is 1. The predicted molar refractivity (Wildman–Crippen MR) is 117 cm³/mol. The minimum atomic E-state index is 0.0209. The van der Waals surface area contributed by atoms with Crippen molar-refractivity contribution in [2.45, 2.75) is 44.9 Å². The summed E-state index contributed by atoms with van der Waals surface area (Å²) >= 11 is 0. The third kappa shape index (κ3) is 3.92. The molecule has 0 unspecified atom stereocenters. The number of hydrogen-bond acceptors (Lipinski definition) is 3. The standard InChI is InChI=1S/C25H25N3O2/c29-21-8-4-7-20-24(21)19(13-16-5-2-1-3-6-16)25(27-20)18-11-12-26-22(15-18)28-23(30)14-17-9-10-17/h1-3,5-6,11-12,15,17,27H,4,7-10,13-14H2,(H,26,28,30). The molecule has 0 aliphatic heterocycles. The van der Waals surface area contributed by atoms with Gasteiger partial charge in [0.05, 0.1) is 5.69 Å². The molecule has 1 amide bonds. The van der Waals surface area contributed by atoms with Crippen LogP contribution in [0.25, 0.3) is 11.3 Å². The zero-order chi connectivity index (χ0) is 20.5. The summed E-state index contributed by atoms with van der Waals surface area (Å²) < 4.78 is 0. The zero-order valence-corrected chi connectivity index (χ0v) is 16.9. The highest BCUT2D eigenvalue weighted by molar-refractivity contribution is 6.01. The second-order valence-corrected chi connectivity index (χ2v) is 8.40. The van der Waals surface area contributed by atoms with Crippen LogP contribution >= 0.6 is 0 Å². The molecule has 30 heavy (non-hydrogen) atoms. The summed E-state index contributed by atoms with van der Waals surface area (Å²) in [5.41, 5.74) is 6.01. The summed E-state index contributed by atoms with van der Waals surface area (Å²) in [5, 5.41) is 2.93. The number of pyridine rings is 1. The van der Waals surface area contributed by atoms with E-state index >= 15 is 0 Å². The monoisotopic (exact) mass is 399 g/mol. The van der Waals surface area contributed by atoms with Crippen LogP contribution in [0.5, 0.6) is 0 Å². The quantitative estimate of drug-likeness (QED) is 0.617. The van der Waals surface area contributed by atoms with Crippen LogP contribution in [0.4, 0.5) is 5.82 Å². The number of carbonyl (C=O) groups excluding carboxylic acids is 2. The summed E-state index contributed by atoms with van der Waals surface area (Å²) in [6, 6.07) is 14.1. The first-order valence-corrected chi connectivity index (χ1v) is 10.7. The number of aryl methyl sites for hydroxylation is 1. The summed E-state index contributed by atoms with van der Waals surface area (Å²) in [4.78, 5) is 32.9. The maximum absolute atomic E-state index is 12.8. The van der Waals surface area contributed by atoms with Crippen molar-refractivity contribution in [2.75, 3.05) is 5.32 Å². The van der Waals surface area contributed by atoms with Gasteiger partial charge in [0.2, 0.25) is 5.91 Å². The lowest BCUT2D eigenvalue weighted by atomic mass is 9.90. The van der Waals surface area contributed by atoms with Gasteiger partial charge in [-0.25, -0.2) is 4.98 Å². The van der Waals surface area contributed by atoms with Crippen molar-refractivity contribution < 1.29 is 9.59 Å². The Morgan fingerprint density at radius 2 is 1.97 bits per heavy atom. The predicted octanol–water partition coefficient (Wildman–Crippen LogP) is 4.93. The highest BCUT2D eigenvalue weighted by atomic mass is 16.1. The Morgan fingerprint density at radius 1 is 1.13 bits per heavy atom. The number of hydrogen-bond donors (Lipinski definition) is 2. The van der Waals surface area contributed by atoms with Gasteiger partial charge in [0.15, 0.2) is 5.78 Å². The minimum absolute atomic E-state index is 0.0209. The summed E-state index contributed by atoms with van der Waals surface area (Å²) in [6.07, 6.45) is 7.64. The van der Waals surface area contributed by atoms with E-state index in [1.54, 1.807) is 6.20 Å². The molecule has 3 aromatic rings. The molecule has 2 N–H and O–H groups in total. The molecule has 1 fully saturated rings. The van der Waals surface area contributed by atoms with Crippen LogP contribution in [0.15, 0.2) is 48.7 Å². The van der Waals surface area contributed by atoms with E-state index in [-0.39, 0.29) is 11.7 Å². The van der Waals surface area contributed by atoms with Gasteiger partial charge in [0.25, 0.3) is 0 Å².